The van der Waals surface area contributed by atoms with Gasteiger partial charge in [-0.2, -0.15) is 0 Å². The van der Waals surface area contributed by atoms with Crippen LogP contribution in [0, 0.1) is 13.8 Å². The van der Waals surface area contributed by atoms with Crippen molar-refractivity contribution in [1.29, 1.82) is 0 Å². The van der Waals surface area contributed by atoms with Crippen LogP contribution in [0.3, 0.4) is 0 Å². The molecule has 1 aliphatic heterocycles. The summed E-state index contributed by atoms with van der Waals surface area (Å²) < 4.78 is 0. The van der Waals surface area contributed by atoms with E-state index in [1.54, 1.807) is 0 Å². The van der Waals surface area contributed by atoms with E-state index < -0.39 is 0 Å². The van der Waals surface area contributed by atoms with Gasteiger partial charge in [-0.1, -0.05) is 18.2 Å². The van der Waals surface area contributed by atoms with Crippen LogP contribution in [0.4, 0.5) is 5.69 Å². The molecule has 2 rings (SSSR count). The van der Waals surface area contributed by atoms with Crippen LogP contribution in [-0.4, -0.2) is 43.2 Å². The minimum atomic E-state index is 0.150. The molecular formula is C16H27N3. The number of hydrogen-bond donors (Lipinski definition) is 1. The van der Waals surface area contributed by atoms with E-state index in [9.17, 15) is 0 Å². The first kappa shape index (κ1) is 14.4. The molecule has 0 aliphatic carbocycles. The second-order valence-corrected chi connectivity index (χ2v) is 6.43. The highest BCUT2D eigenvalue weighted by molar-refractivity contribution is 5.59. The molecule has 1 heterocycles. The molecule has 1 fully saturated rings. The molecule has 1 aromatic rings. The summed E-state index contributed by atoms with van der Waals surface area (Å²) in [5, 5.41) is 0. The number of piperazine rings is 1. The van der Waals surface area contributed by atoms with Crippen molar-refractivity contribution < 1.29 is 0 Å². The van der Waals surface area contributed by atoms with E-state index in [4.69, 9.17) is 5.73 Å². The summed E-state index contributed by atoms with van der Waals surface area (Å²) in [5.74, 6) is 0. The fourth-order valence-corrected chi connectivity index (χ4v) is 3.22. The number of likely N-dealkylation sites (N-methyl/N-ethyl adjacent to an activating group) is 1. The molecule has 0 saturated carbocycles. The molecule has 3 nitrogen and oxygen atoms in total. The number of nitrogens with two attached hydrogens (primary N) is 1. The maximum atomic E-state index is 5.96. The van der Waals surface area contributed by atoms with E-state index in [2.05, 4.69) is 62.7 Å². The van der Waals surface area contributed by atoms with E-state index >= 15 is 0 Å². The second kappa shape index (κ2) is 5.14. The summed E-state index contributed by atoms with van der Waals surface area (Å²) in [6.45, 7) is 11.8. The van der Waals surface area contributed by atoms with Crippen LogP contribution < -0.4 is 10.6 Å². The van der Waals surface area contributed by atoms with Crippen molar-refractivity contribution >= 4 is 5.69 Å². The average Bonchev–Trinajstić information content (AvgIpc) is 2.32. The maximum Gasteiger partial charge on any atom is 0.0426 e. The topological polar surface area (TPSA) is 32.5 Å². The van der Waals surface area contributed by atoms with Gasteiger partial charge in [0.05, 0.1) is 0 Å². The molecule has 0 bridgehead atoms. The molecular weight excluding hydrogens is 234 g/mol. The zero-order chi connectivity index (χ0) is 14.2. The number of rotatable bonds is 2. The van der Waals surface area contributed by atoms with E-state index in [-0.39, 0.29) is 5.54 Å². The van der Waals surface area contributed by atoms with Crippen molar-refractivity contribution in [3.8, 4) is 0 Å². The monoisotopic (exact) mass is 261 g/mol. The third-order valence-corrected chi connectivity index (χ3v) is 4.54. The van der Waals surface area contributed by atoms with Gasteiger partial charge < -0.3 is 10.6 Å². The van der Waals surface area contributed by atoms with Crippen LogP contribution in [-0.2, 0) is 0 Å². The molecule has 1 unspecified atom stereocenters. The number of hydrogen-bond acceptors (Lipinski definition) is 3. The lowest BCUT2D eigenvalue weighted by molar-refractivity contribution is 0.0844. The average molecular weight is 261 g/mol. The van der Waals surface area contributed by atoms with Crippen molar-refractivity contribution in [3.63, 3.8) is 0 Å². The molecule has 1 aliphatic rings. The van der Waals surface area contributed by atoms with Gasteiger partial charge in [0.1, 0.15) is 0 Å². The van der Waals surface area contributed by atoms with Gasteiger partial charge in [0.15, 0.2) is 0 Å². The van der Waals surface area contributed by atoms with Gasteiger partial charge in [0.2, 0.25) is 0 Å². The Hall–Kier alpha value is -1.06. The Balaban J connectivity index is 2.36. The molecule has 3 heteroatoms. The van der Waals surface area contributed by atoms with Crippen molar-refractivity contribution in [2.45, 2.75) is 39.3 Å². The molecule has 2 N–H and O–H groups in total. The SMILES string of the molecule is Cc1cccc(C)c1N1CC(CN)N(C)C(C)(C)C1. The maximum absolute atomic E-state index is 5.96. The highest BCUT2D eigenvalue weighted by Gasteiger charge is 2.37. The minimum absolute atomic E-state index is 0.150. The quantitative estimate of drug-likeness (QED) is 0.885. The zero-order valence-electron chi connectivity index (χ0n) is 12.9. The first-order chi connectivity index (χ1) is 8.86. The van der Waals surface area contributed by atoms with Crippen molar-refractivity contribution in [3.05, 3.63) is 29.3 Å². The molecule has 0 amide bonds. The fraction of sp³-hybridized carbons (Fsp3) is 0.625. The molecule has 1 aromatic carbocycles. The van der Waals surface area contributed by atoms with Crippen LogP contribution in [0.25, 0.3) is 0 Å². The van der Waals surface area contributed by atoms with E-state index in [0.717, 1.165) is 13.1 Å². The van der Waals surface area contributed by atoms with Crippen molar-refractivity contribution in [2.75, 3.05) is 31.6 Å². The molecule has 0 radical (unpaired) electrons. The number of nitrogens with zero attached hydrogens (tertiary/aromatic N) is 2. The Morgan fingerprint density at radius 2 is 1.84 bits per heavy atom. The lowest BCUT2D eigenvalue weighted by Gasteiger charge is -2.51. The summed E-state index contributed by atoms with van der Waals surface area (Å²) >= 11 is 0. The molecule has 0 spiro atoms. The van der Waals surface area contributed by atoms with E-state index in [1.807, 2.05) is 0 Å². The molecule has 1 atom stereocenters. The van der Waals surface area contributed by atoms with Gasteiger partial charge in [-0.3, -0.25) is 4.90 Å². The molecule has 0 aromatic heterocycles. The van der Waals surface area contributed by atoms with Crippen LogP contribution in [0.5, 0.6) is 0 Å². The summed E-state index contributed by atoms with van der Waals surface area (Å²) in [6, 6.07) is 6.95. The van der Waals surface area contributed by atoms with Gasteiger partial charge >= 0.3 is 0 Å². The first-order valence-electron chi connectivity index (χ1n) is 7.11. The Morgan fingerprint density at radius 1 is 1.26 bits per heavy atom. The summed E-state index contributed by atoms with van der Waals surface area (Å²) in [5.41, 5.74) is 10.2. The smallest absolute Gasteiger partial charge is 0.0426 e. The van der Waals surface area contributed by atoms with Gasteiger partial charge in [-0.25, -0.2) is 0 Å². The molecule has 19 heavy (non-hydrogen) atoms. The van der Waals surface area contributed by atoms with Crippen LogP contribution in [0.15, 0.2) is 18.2 Å². The Bertz CT molecular complexity index is 433. The van der Waals surface area contributed by atoms with Crippen LogP contribution in [0.2, 0.25) is 0 Å². The normalized spacial score (nSPS) is 23.7. The number of aryl methyl sites for hydroxylation is 2. The highest BCUT2D eigenvalue weighted by atomic mass is 15.3. The Morgan fingerprint density at radius 3 is 2.37 bits per heavy atom. The van der Waals surface area contributed by atoms with Crippen molar-refractivity contribution in [2.24, 2.45) is 5.73 Å². The predicted molar refractivity (Wildman–Crippen MR) is 82.8 cm³/mol. The third-order valence-electron chi connectivity index (χ3n) is 4.54. The summed E-state index contributed by atoms with van der Waals surface area (Å²) in [6.07, 6.45) is 0. The van der Waals surface area contributed by atoms with E-state index in [1.165, 1.54) is 16.8 Å². The standard InChI is InChI=1S/C16H27N3/c1-12-7-6-8-13(2)15(12)19-10-14(9-17)18(5)16(3,4)11-19/h6-8,14H,9-11,17H2,1-5H3. The lowest BCUT2D eigenvalue weighted by atomic mass is 9.94. The van der Waals surface area contributed by atoms with Crippen molar-refractivity contribution in [1.82, 2.24) is 4.90 Å². The van der Waals surface area contributed by atoms with E-state index in [0.29, 0.717) is 12.6 Å². The molecule has 106 valence electrons. The second-order valence-electron chi connectivity index (χ2n) is 6.43. The lowest BCUT2D eigenvalue weighted by Crippen LogP contribution is -2.64. The first-order valence-corrected chi connectivity index (χ1v) is 7.11. The Kier molecular flexibility index (Phi) is 3.88. The minimum Gasteiger partial charge on any atom is -0.368 e. The predicted octanol–water partition coefficient (Wildman–Crippen LogP) is 2.16. The molecule has 1 saturated heterocycles. The number of anilines is 1. The number of para-hydroxylation sites is 1. The van der Waals surface area contributed by atoms with Gasteiger partial charge in [0.25, 0.3) is 0 Å². The van der Waals surface area contributed by atoms with Crippen LogP contribution in [0.1, 0.15) is 25.0 Å². The van der Waals surface area contributed by atoms with Gasteiger partial charge in [-0.15, -0.1) is 0 Å². The third kappa shape index (κ3) is 2.63. The summed E-state index contributed by atoms with van der Waals surface area (Å²) in [4.78, 5) is 4.94. The Labute approximate surface area is 117 Å². The largest absolute Gasteiger partial charge is 0.368 e. The fourth-order valence-electron chi connectivity index (χ4n) is 3.22. The number of benzene rings is 1. The van der Waals surface area contributed by atoms with Gasteiger partial charge in [-0.05, 0) is 45.9 Å². The zero-order valence-corrected chi connectivity index (χ0v) is 12.9. The highest BCUT2D eigenvalue weighted by Crippen LogP contribution is 2.31. The van der Waals surface area contributed by atoms with Gasteiger partial charge in [0, 0.05) is 36.9 Å². The van der Waals surface area contributed by atoms with Crippen LogP contribution >= 0.6 is 0 Å². The summed E-state index contributed by atoms with van der Waals surface area (Å²) in [7, 11) is 2.19.